The molecule has 0 aliphatic carbocycles. The number of aryl methyl sites for hydroxylation is 2. The first-order valence-corrected chi connectivity index (χ1v) is 10.7. The van der Waals surface area contributed by atoms with Crippen LogP contribution < -0.4 is 10.1 Å². The monoisotopic (exact) mass is 449 g/mol. The summed E-state index contributed by atoms with van der Waals surface area (Å²) in [5, 5.41) is 21.6. The van der Waals surface area contributed by atoms with E-state index in [9.17, 15) is 5.11 Å². The van der Waals surface area contributed by atoms with E-state index < -0.39 is 0 Å². The Bertz CT molecular complexity index is 1050. The van der Waals surface area contributed by atoms with Gasteiger partial charge in [0.2, 0.25) is 5.89 Å². The second-order valence-electron chi connectivity index (χ2n) is 6.67. The fourth-order valence-corrected chi connectivity index (χ4v) is 4.21. The Labute approximate surface area is 183 Å². The molecule has 3 rings (SSSR count). The molecule has 11 heteroatoms. The average molecular weight is 450 g/mol. The van der Waals surface area contributed by atoms with Crippen molar-refractivity contribution in [3.05, 3.63) is 34.7 Å². The van der Waals surface area contributed by atoms with Gasteiger partial charge in [-0.3, -0.25) is 0 Å². The molecule has 0 bridgehead atoms. The lowest BCUT2D eigenvalue weighted by Crippen LogP contribution is -2.27. The second kappa shape index (κ2) is 9.43. The molecular weight excluding hydrogens is 426 g/mol. The second-order valence-corrected chi connectivity index (χ2v) is 8.31. The molecular formula is C19H23N5O4S2. The van der Waals surface area contributed by atoms with Crippen LogP contribution in [0, 0.1) is 20.8 Å². The highest BCUT2D eigenvalue weighted by molar-refractivity contribution is 7.98. The highest BCUT2D eigenvalue weighted by Gasteiger charge is 2.23. The summed E-state index contributed by atoms with van der Waals surface area (Å²) in [6.45, 7) is 7.19. The number of nitrogens with zero attached hydrogens (tertiary/aromatic N) is 4. The summed E-state index contributed by atoms with van der Waals surface area (Å²) in [6.07, 6.45) is 0. The molecule has 9 nitrogen and oxygen atoms in total. The van der Waals surface area contributed by atoms with Crippen molar-refractivity contribution in [2.24, 2.45) is 0 Å². The van der Waals surface area contributed by atoms with Crippen molar-refractivity contribution in [1.82, 2.24) is 25.6 Å². The van der Waals surface area contributed by atoms with Gasteiger partial charge in [0.1, 0.15) is 17.5 Å². The number of phenols is 1. The topological polar surface area (TPSA) is 119 Å². The maximum atomic E-state index is 10.7. The molecule has 0 spiro atoms. The van der Waals surface area contributed by atoms with Crippen molar-refractivity contribution in [3.63, 3.8) is 0 Å². The normalized spacial score (nSPS) is 12.0. The summed E-state index contributed by atoms with van der Waals surface area (Å²) >= 11 is 6.76. The number of ether oxygens (including phenoxy) is 1. The summed E-state index contributed by atoms with van der Waals surface area (Å²) in [5.74, 6) is 3.58. The number of nitrogens with one attached hydrogen (secondary N) is 1. The van der Waals surface area contributed by atoms with Crippen LogP contribution >= 0.6 is 24.0 Å². The molecule has 2 aromatic heterocycles. The summed E-state index contributed by atoms with van der Waals surface area (Å²) in [5.41, 5.74) is 2.16. The van der Waals surface area contributed by atoms with Crippen LogP contribution in [0.3, 0.4) is 0 Å². The summed E-state index contributed by atoms with van der Waals surface area (Å²) in [7, 11) is 1.55. The van der Waals surface area contributed by atoms with Crippen molar-refractivity contribution >= 4 is 29.0 Å². The highest BCUT2D eigenvalue weighted by Crippen LogP contribution is 2.40. The van der Waals surface area contributed by atoms with E-state index in [1.807, 2.05) is 6.92 Å². The number of thiocarbonyl (C=S) groups is 1. The number of thioether (sulfide) groups is 1. The number of methoxy groups -OCH3 is 1. The highest BCUT2D eigenvalue weighted by atomic mass is 32.2. The molecule has 1 atom stereocenters. The van der Waals surface area contributed by atoms with Crippen LogP contribution in [-0.2, 0) is 5.75 Å². The van der Waals surface area contributed by atoms with Crippen molar-refractivity contribution in [1.29, 1.82) is 0 Å². The average Bonchev–Trinajstić information content (AvgIpc) is 3.31. The minimum absolute atomic E-state index is 0.0972. The van der Waals surface area contributed by atoms with E-state index >= 15 is 0 Å². The molecule has 2 N–H and O–H groups in total. The smallest absolute Gasteiger partial charge is 0.258 e. The maximum Gasteiger partial charge on any atom is 0.258 e. The first kappa shape index (κ1) is 22.0. The van der Waals surface area contributed by atoms with E-state index in [1.165, 1.54) is 0 Å². The van der Waals surface area contributed by atoms with Crippen LogP contribution in [0.15, 0.2) is 15.1 Å². The van der Waals surface area contributed by atoms with Gasteiger partial charge in [0.25, 0.3) is 5.89 Å². The van der Waals surface area contributed by atoms with Gasteiger partial charge in [0.05, 0.1) is 17.7 Å². The minimum Gasteiger partial charge on any atom is -0.507 e. The number of aromatic nitrogens is 4. The number of rotatable bonds is 8. The quantitative estimate of drug-likeness (QED) is 0.490. The van der Waals surface area contributed by atoms with Gasteiger partial charge in [0, 0.05) is 28.7 Å². The maximum absolute atomic E-state index is 10.7. The van der Waals surface area contributed by atoms with E-state index in [0.717, 1.165) is 5.56 Å². The third kappa shape index (κ3) is 4.90. The molecule has 0 saturated carbocycles. The molecule has 0 fully saturated rings. The molecule has 2 heterocycles. The van der Waals surface area contributed by atoms with Crippen LogP contribution in [-0.4, -0.2) is 43.2 Å². The number of phenolic OH excluding ortho intramolecular Hbond substituents is 1. The van der Waals surface area contributed by atoms with Gasteiger partial charge in [-0.1, -0.05) is 22.5 Å². The van der Waals surface area contributed by atoms with Gasteiger partial charge in [-0.15, -0.1) is 0 Å². The standard InChI is InChI=1S/C19H23N5O4S2/c1-9-16(26-5)6-15(25)13(17(9)19-21-11(3)24-28-19)7-30-8-14(22-12(4)29)18-20-10(2)23-27-18/h6,14,25H,7-8H2,1-5H3,(H,22,29). The summed E-state index contributed by atoms with van der Waals surface area (Å²) < 4.78 is 16.1. The lowest BCUT2D eigenvalue weighted by molar-refractivity contribution is 0.352. The molecule has 3 aromatic rings. The molecule has 0 amide bonds. The molecule has 0 aliphatic rings. The fraction of sp³-hybridized carbons (Fsp3) is 0.421. The predicted molar refractivity (Wildman–Crippen MR) is 117 cm³/mol. The number of hydrogen-bond acceptors (Lipinski definition) is 10. The van der Waals surface area contributed by atoms with Crippen LogP contribution in [0.25, 0.3) is 11.5 Å². The lowest BCUT2D eigenvalue weighted by Gasteiger charge is -2.17. The molecule has 160 valence electrons. The fourth-order valence-electron chi connectivity index (χ4n) is 3.00. The summed E-state index contributed by atoms with van der Waals surface area (Å²) in [4.78, 5) is 9.26. The lowest BCUT2D eigenvalue weighted by atomic mass is 10.0. The van der Waals surface area contributed by atoms with E-state index in [0.29, 0.717) is 56.8 Å². The van der Waals surface area contributed by atoms with Gasteiger partial charge in [0.15, 0.2) is 11.6 Å². The molecule has 1 unspecified atom stereocenters. The van der Waals surface area contributed by atoms with Gasteiger partial charge in [-0.05, 0) is 27.7 Å². The van der Waals surface area contributed by atoms with Crippen molar-refractivity contribution in [2.45, 2.75) is 39.5 Å². The van der Waals surface area contributed by atoms with E-state index in [1.54, 1.807) is 45.7 Å². The predicted octanol–water partition coefficient (Wildman–Crippen LogP) is 3.67. The minimum atomic E-state index is -0.246. The summed E-state index contributed by atoms with van der Waals surface area (Å²) in [6, 6.07) is 1.35. The van der Waals surface area contributed by atoms with Crippen LogP contribution in [0.1, 0.15) is 41.6 Å². The Morgan fingerprint density at radius 1 is 1.23 bits per heavy atom. The first-order valence-electron chi connectivity index (χ1n) is 9.15. The molecule has 0 saturated heterocycles. The zero-order valence-electron chi connectivity index (χ0n) is 17.3. The van der Waals surface area contributed by atoms with Gasteiger partial charge in [-0.25, -0.2) is 0 Å². The van der Waals surface area contributed by atoms with Crippen LogP contribution in [0.5, 0.6) is 11.5 Å². The van der Waals surface area contributed by atoms with Crippen LogP contribution in [0.4, 0.5) is 0 Å². The van der Waals surface area contributed by atoms with Crippen molar-refractivity contribution in [3.8, 4) is 23.0 Å². The Kier molecular flexibility index (Phi) is 6.93. The molecule has 0 radical (unpaired) electrons. The van der Waals surface area contributed by atoms with Gasteiger partial charge < -0.3 is 24.2 Å². The Morgan fingerprint density at radius 3 is 2.50 bits per heavy atom. The largest absolute Gasteiger partial charge is 0.507 e. The molecule has 0 aliphatic heterocycles. The third-order valence-electron chi connectivity index (χ3n) is 4.33. The van der Waals surface area contributed by atoms with E-state index in [4.69, 9.17) is 26.0 Å². The van der Waals surface area contributed by atoms with Crippen molar-refractivity contribution in [2.75, 3.05) is 12.9 Å². The van der Waals surface area contributed by atoms with E-state index in [-0.39, 0.29) is 11.8 Å². The van der Waals surface area contributed by atoms with Crippen molar-refractivity contribution < 1.29 is 18.9 Å². The third-order valence-corrected chi connectivity index (χ3v) is 5.51. The zero-order chi connectivity index (χ0) is 21.8. The van der Waals surface area contributed by atoms with Gasteiger partial charge >= 0.3 is 0 Å². The Balaban J connectivity index is 1.86. The first-order chi connectivity index (χ1) is 14.3. The van der Waals surface area contributed by atoms with Gasteiger partial charge in [-0.2, -0.15) is 21.7 Å². The number of benzene rings is 1. The number of hydrogen-bond donors (Lipinski definition) is 2. The SMILES string of the molecule is COc1cc(O)c(CSCC(NC(C)=S)c2nc(C)no2)c(-c2nc(C)no2)c1C. The molecule has 30 heavy (non-hydrogen) atoms. The Morgan fingerprint density at radius 2 is 1.93 bits per heavy atom. The number of aromatic hydroxyl groups is 1. The molecule has 1 aromatic carbocycles. The zero-order valence-corrected chi connectivity index (χ0v) is 19.0. The van der Waals surface area contributed by atoms with Crippen LogP contribution in [0.2, 0.25) is 0 Å². The Hall–Kier alpha value is -2.66. The van der Waals surface area contributed by atoms with E-state index in [2.05, 4.69) is 25.6 Å².